The average Bonchev–Trinajstić information content (AvgIpc) is 3.53. The summed E-state index contributed by atoms with van der Waals surface area (Å²) in [5, 5.41) is 9.33. The van der Waals surface area contributed by atoms with Crippen LogP contribution in [-0.2, 0) is 9.53 Å². The molecule has 2 heterocycles. The van der Waals surface area contributed by atoms with Gasteiger partial charge >= 0.3 is 0 Å². The number of carbonyl (C=O) groups excluding carboxylic acids is 1. The molecule has 1 aromatic carbocycles. The first-order chi connectivity index (χ1) is 14.7. The Hall–Kier alpha value is -1.89. The minimum absolute atomic E-state index is 0.0157. The van der Waals surface area contributed by atoms with Crippen molar-refractivity contribution in [2.45, 2.75) is 62.7 Å². The molecular weight excluding hydrogens is 380 g/mol. The number of aliphatic hydroxyl groups is 1. The molecular formula is C24H32N2O4. The molecule has 1 N–H and O–H groups in total. The van der Waals surface area contributed by atoms with Crippen LogP contribution < -0.4 is 4.74 Å². The molecule has 2 aliphatic heterocycles. The maximum atomic E-state index is 12.9. The maximum absolute atomic E-state index is 12.9. The molecule has 0 aromatic heterocycles. The zero-order valence-electron chi connectivity index (χ0n) is 17.5. The SMILES string of the molecule is O=C1C(Oc2ccc(C3CC3)cc2)=CCN1[C@H]1CC[C@H](OCCN2CC(O)C2)CC1. The van der Waals surface area contributed by atoms with Crippen LogP contribution in [0.1, 0.15) is 50.0 Å². The fraction of sp³-hybridized carbons (Fsp3) is 0.625. The lowest BCUT2D eigenvalue weighted by molar-refractivity contribution is -0.130. The normalized spacial score (nSPS) is 27.8. The third-order valence-corrected chi connectivity index (χ3v) is 6.89. The predicted molar refractivity (Wildman–Crippen MR) is 113 cm³/mol. The van der Waals surface area contributed by atoms with Crippen molar-refractivity contribution in [2.75, 3.05) is 32.8 Å². The van der Waals surface area contributed by atoms with Crippen molar-refractivity contribution in [3.8, 4) is 5.75 Å². The Kier molecular flexibility index (Phi) is 5.81. The quantitative estimate of drug-likeness (QED) is 0.711. The monoisotopic (exact) mass is 412 g/mol. The van der Waals surface area contributed by atoms with Crippen LogP contribution in [0.25, 0.3) is 0 Å². The van der Waals surface area contributed by atoms with E-state index >= 15 is 0 Å². The minimum atomic E-state index is -0.150. The van der Waals surface area contributed by atoms with E-state index in [0.29, 0.717) is 18.4 Å². The van der Waals surface area contributed by atoms with Crippen LogP contribution in [0.2, 0.25) is 0 Å². The number of likely N-dealkylation sites (tertiary alicyclic amines) is 1. The third kappa shape index (κ3) is 4.56. The molecule has 6 heteroatoms. The van der Waals surface area contributed by atoms with Crippen molar-refractivity contribution in [1.82, 2.24) is 9.80 Å². The van der Waals surface area contributed by atoms with Gasteiger partial charge in [0.15, 0.2) is 5.76 Å². The summed E-state index contributed by atoms with van der Waals surface area (Å²) in [5.41, 5.74) is 1.37. The van der Waals surface area contributed by atoms with E-state index in [-0.39, 0.29) is 18.1 Å². The van der Waals surface area contributed by atoms with Crippen LogP contribution >= 0.6 is 0 Å². The van der Waals surface area contributed by atoms with E-state index < -0.39 is 0 Å². The van der Waals surface area contributed by atoms with Gasteiger partial charge in [-0.1, -0.05) is 12.1 Å². The molecule has 2 aliphatic carbocycles. The van der Waals surface area contributed by atoms with Crippen molar-refractivity contribution in [3.63, 3.8) is 0 Å². The number of amides is 1. The van der Waals surface area contributed by atoms with E-state index in [2.05, 4.69) is 17.0 Å². The van der Waals surface area contributed by atoms with Crippen molar-refractivity contribution >= 4 is 5.91 Å². The van der Waals surface area contributed by atoms with Gasteiger partial charge in [-0.3, -0.25) is 9.69 Å². The highest BCUT2D eigenvalue weighted by Crippen LogP contribution is 2.40. The lowest BCUT2D eigenvalue weighted by Crippen LogP contribution is -2.51. The molecule has 2 saturated carbocycles. The molecule has 3 fully saturated rings. The zero-order chi connectivity index (χ0) is 20.5. The van der Waals surface area contributed by atoms with Gasteiger partial charge in [-0.05, 0) is 68.2 Å². The second kappa shape index (κ2) is 8.69. The van der Waals surface area contributed by atoms with Crippen molar-refractivity contribution < 1.29 is 19.4 Å². The zero-order valence-corrected chi connectivity index (χ0v) is 17.5. The summed E-state index contributed by atoms with van der Waals surface area (Å²) in [6, 6.07) is 8.48. The molecule has 162 valence electrons. The first-order valence-corrected chi connectivity index (χ1v) is 11.5. The summed E-state index contributed by atoms with van der Waals surface area (Å²) < 4.78 is 11.9. The van der Waals surface area contributed by atoms with Gasteiger partial charge in [0.1, 0.15) is 5.75 Å². The minimum Gasteiger partial charge on any atom is -0.452 e. The summed E-state index contributed by atoms with van der Waals surface area (Å²) in [5.74, 6) is 1.95. The van der Waals surface area contributed by atoms with Crippen LogP contribution in [0.3, 0.4) is 0 Å². The lowest BCUT2D eigenvalue weighted by atomic mass is 9.92. The van der Waals surface area contributed by atoms with E-state index in [1.54, 1.807) is 0 Å². The smallest absolute Gasteiger partial charge is 0.289 e. The molecule has 30 heavy (non-hydrogen) atoms. The van der Waals surface area contributed by atoms with E-state index in [1.807, 2.05) is 23.1 Å². The number of ether oxygens (including phenoxy) is 2. The lowest BCUT2D eigenvalue weighted by Gasteiger charge is -2.37. The van der Waals surface area contributed by atoms with E-state index in [1.165, 1.54) is 18.4 Å². The second-order valence-corrected chi connectivity index (χ2v) is 9.19. The molecule has 1 amide bonds. The fourth-order valence-electron chi connectivity index (χ4n) is 4.84. The molecule has 4 aliphatic rings. The van der Waals surface area contributed by atoms with Crippen LogP contribution in [0.5, 0.6) is 5.75 Å². The standard InChI is InChI=1S/C24H32N2O4/c27-20-15-25(16-20)13-14-29-21-9-5-19(6-10-21)26-12-11-23(24(26)28)30-22-7-3-18(4-8-22)17-1-2-17/h3-4,7-8,11,17,19-21,27H,1-2,5-6,9-10,12-16H2/t19-,21-. The molecule has 0 radical (unpaired) electrons. The van der Waals surface area contributed by atoms with Crippen molar-refractivity contribution in [2.24, 2.45) is 0 Å². The van der Waals surface area contributed by atoms with E-state index in [0.717, 1.165) is 63.6 Å². The average molecular weight is 413 g/mol. The highest BCUT2D eigenvalue weighted by Gasteiger charge is 2.34. The van der Waals surface area contributed by atoms with Gasteiger partial charge in [0, 0.05) is 32.2 Å². The Morgan fingerprint density at radius 2 is 1.73 bits per heavy atom. The van der Waals surface area contributed by atoms with Crippen LogP contribution in [0, 0.1) is 0 Å². The van der Waals surface area contributed by atoms with Gasteiger partial charge < -0.3 is 19.5 Å². The van der Waals surface area contributed by atoms with Gasteiger partial charge in [0.25, 0.3) is 5.91 Å². The van der Waals surface area contributed by atoms with Gasteiger partial charge in [0.2, 0.25) is 0 Å². The Morgan fingerprint density at radius 3 is 2.40 bits per heavy atom. The topological polar surface area (TPSA) is 62.2 Å². The number of benzene rings is 1. The molecule has 5 rings (SSSR count). The number of rotatable bonds is 8. The summed E-state index contributed by atoms with van der Waals surface area (Å²) in [4.78, 5) is 17.0. The Balaban J connectivity index is 1.04. The highest BCUT2D eigenvalue weighted by atomic mass is 16.5. The van der Waals surface area contributed by atoms with Gasteiger partial charge in [-0.15, -0.1) is 0 Å². The number of hydrogen-bond donors (Lipinski definition) is 1. The van der Waals surface area contributed by atoms with E-state index in [4.69, 9.17) is 9.47 Å². The maximum Gasteiger partial charge on any atom is 0.289 e. The Labute approximate surface area is 178 Å². The molecule has 0 unspecified atom stereocenters. The number of hydrogen-bond acceptors (Lipinski definition) is 5. The molecule has 1 aromatic rings. The summed E-state index contributed by atoms with van der Waals surface area (Å²) in [6.07, 6.45) is 8.59. The first-order valence-electron chi connectivity index (χ1n) is 11.5. The highest BCUT2D eigenvalue weighted by molar-refractivity contribution is 5.94. The Bertz CT molecular complexity index is 775. The molecule has 0 spiro atoms. The summed E-state index contributed by atoms with van der Waals surface area (Å²) in [7, 11) is 0. The van der Waals surface area contributed by atoms with Gasteiger partial charge in [0.05, 0.1) is 18.8 Å². The largest absolute Gasteiger partial charge is 0.452 e. The summed E-state index contributed by atoms with van der Waals surface area (Å²) in [6.45, 7) is 3.81. The van der Waals surface area contributed by atoms with Gasteiger partial charge in [-0.25, -0.2) is 0 Å². The number of aliphatic hydroxyl groups excluding tert-OH is 1. The molecule has 1 saturated heterocycles. The predicted octanol–water partition coefficient (Wildman–Crippen LogP) is 2.67. The number of β-amino-alcohol motifs (C(OH)–C–C–N with tert-alkyl or cyclic N) is 1. The van der Waals surface area contributed by atoms with Crippen LogP contribution in [0.4, 0.5) is 0 Å². The second-order valence-electron chi connectivity index (χ2n) is 9.19. The first kappa shape index (κ1) is 20.0. The molecule has 6 nitrogen and oxygen atoms in total. The van der Waals surface area contributed by atoms with Crippen molar-refractivity contribution in [3.05, 3.63) is 41.7 Å². The van der Waals surface area contributed by atoms with Crippen LogP contribution in [-0.4, -0.2) is 71.8 Å². The Morgan fingerprint density at radius 1 is 1.00 bits per heavy atom. The van der Waals surface area contributed by atoms with Crippen LogP contribution in [0.15, 0.2) is 36.1 Å². The van der Waals surface area contributed by atoms with Crippen molar-refractivity contribution in [1.29, 1.82) is 0 Å². The number of nitrogens with zero attached hydrogens (tertiary/aromatic N) is 2. The third-order valence-electron chi connectivity index (χ3n) is 6.89. The van der Waals surface area contributed by atoms with E-state index in [9.17, 15) is 9.90 Å². The fourth-order valence-corrected chi connectivity index (χ4v) is 4.84. The van der Waals surface area contributed by atoms with Gasteiger partial charge in [-0.2, -0.15) is 0 Å². The summed E-state index contributed by atoms with van der Waals surface area (Å²) >= 11 is 0. The molecule has 0 bridgehead atoms. The number of carbonyl (C=O) groups is 1. The molecule has 0 atom stereocenters.